The maximum absolute atomic E-state index is 12.0. The van der Waals surface area contributed by atoms with E-state index >= 15 is 0 Å². The molecule has 0 heterocycles. The summed E-state index contributed by atoms with van der Waals surface area (Å²) in [4.78, 5) is 35.6. The summed E-state index contributed by atoms with van der Waals surface area (Å²) in [6, 6.07) is 7.74. The number of carboxylic acid groups (broad SMARTS) is 1. The zero-order valence-corrected chi connectivity index (χ0v) is 14.7. The molecule has 0 aliphatic heterocycles. The van der Waals surface area contributed by atoms with E-state index in [4.69, 9.17) is 16.3 Å². The molecular formula is C17H22ClNO5. The van der Waals surface area contributed by atoms with Crippen LogP contribution in [0.4, 0.5) is 4.79 Å². The molecule has 132 valence electrons. The van der Waals surface area contributed by atoms with Gasteiger partial charge in [0.25, 0.3) is 0 Å². The first-order valence-electron chi connectivity index (χ1n) is 7.45. The topological polar surface area (TPSA) is 92.7 Å². The summed E-state index contributed by atoms with van der Waals surface area (Å²) in [6.07, 6.45) is -0.863. The van der Waals surface area contributed by atoms with Gasteiger partial charge in [0, 0.05) is 0 Å². The van der Waals surface area contributed by atoms with Crippen molar-refractivity contribution in [2.24, 2.45) is 11.3 Å². The molecule has 0 aromatic heterocycles. The summed E-state index contributed by atoms with van der Waals surface area (Å²) < 4.78 is 5.06. The van der Waals surface area contributed by atoms with E-state index in [0.29, 0.717) is 0 Å². The molecule has 24 heavy (non-hydrogen) atoms. The first-order valence-corrected chi connectivity index (χ1v) is 7.99. The van der Waals surface area contributed by atoms with Crippen molar-refractivity contribution in [1.82, 2.24) is 5.32 Å². The lowest BCUT2D eigenvalue weighted by Gasteiger charge is -2.33. The Morgan fingerprint density at radius 1 is 1.21 bits per heavy atom. The molecule has 0 saturated carbocycles. The second-order valence-corrected chi connectivity index (χ2v) is 6.73. The van der Waals surface area contributed by atoms with Crippen LogP contribution in [0, 0.1) is 11.3 Å². The van der Waals surface area contributed by atoms with Crippen LogP contribution >= 0.6 is 11.6 Å². The van der Waals surface area contributed by atoms with Crippen LogP contribution < -0.4 is 5.32 Å². The van der Waals surface area contributed by atoms with Gasteiger partial charge in [0.15, 0.2) is 5.78 Å². The zero-order chi connectivity index (χ0) is 18.3. The highest BCUT2D eigenvalue weighted by atomic mass is 35.5. The Bertz CT molecular complexity index is 582. The van der Waals surface area contributed by atoms with E-state index < -0.39 is 41.1 Å². The molecule has 0 fully saturated rings. The maximum atomic E-state index is 12.0. The molecule has 0 spiro atoms. The summed E-state index contributed by atoms with van der Waals surface area (Å²) in [5, 5.41) is 11.8. The number of alkyl halides is 1. The lowest BCUT2D eigenvalue weighted by molar-refractivity contribution is -0.149. The summed E-state index contributed by atoms with van der Waals surface area (Å²) >= 11 is 5.57. The quantitative estimate of drug-likeness (QED) is 0.733. The van der Waals surface area contributed by atoms with Crippen LogP contribution in [0.2, 0.25) is 0 Å². The summed E-state index contributed by atoms with van der Waals surface area (Å²) in [5.74, 6) is -3.29. The number of hydrogen-bond acceptors (Lipinski definition) is 4. The van der Waals surface area contributed by atoms with Crippen molar-refractivity contribution in [3.05, 3.63) is 35.9 Å². The number of carbonyl (C=O) groups excluding carboxylic acids is 2. The minimum atomic E-state index is -1.26. The first-order chi connectivity index (χ1) is 11.2. The van der Waals surface area contributed by atoms with E-state index in [-0.39, 0.29) is 6.61 Å². The average molecular weight is 356 g/mol. The Hall–Kier alpha value is -2.08. The molecule has 7 heteroatoms. The molecule has 1 unspecified atom stereocenters. The largest absolute Gasteiger partial charge is 0.481 e. The van der Waals surface area contributed by atoms with Gasteiger partial charge in [-0.3, -0.25) is 9.59 Å². The summed E-state index contributed by atoms with van der Waals surface area (Å²) in [7, 11) is 0. The molecule has 1 aromatic carbocycles. The van der Waals surface area contributed by atoms with E-state index in [2.05, 4.69) is 5.32 Å². The van der Waals surface area contributed by atoms with E-state index in [1.165, 1.54) is 0 Å². The van der Waals surface area contributed by atoms with Gasteiger partial charge in [-0.2, -0.15) is 0 Å². The maximum Gasteiger partial charge on any atom is 0.408 e. The number of hydrogen-bond donors (Lipinski definition) is 2. The number of ketones is 1. The van der Waals surface area contributed by atoms with Crippen molar-refractivity contribution in [2.75, 3.05) is 5.88 Å². The van der Waals surface area contributed by atoms with Crippen molar-refractivity contribution in [1.29, 1.82) is 0 Å². The predicted molar refractivity (Wildman–Crippen MR) is 89.9 cm³/mol. The zero-order valence-electron chi connectivity index (χ0n) is 13.9. The van der Waals surface area contributed by atoms with E-state index in [1.54, 1.807) is 45.0 Å². The number of nitrogens with one attached hydrogen (secondary N) is 1. The Morgan fingerprint density at radius 3 is 2.25 bits per heavy atom. The number of alkyl carbamates (subject to hydrolysis) is 1. The van der Waals surface area contributed by atoms with Gasteiger partial charge in [-0.25, -0.2) is 4.79 Å². The van der Waals surface area contributed by atoms with Crippen LogP contribution in [-0.4, -0.2) is 34.9 Å². The van der Waals surface area contributed by atoms with Crippen LogP contribution in [0.1, 0.15) is 26.3 Å². The Kier molecular flexibility index (Phi) is 7.22. The number of aliphatic carboxylic acids is 1. The molecule has 2 atom stereocenters. The van der Waals surface area contributed by atoms with Gasteiger partial charge in [-0.1, -0.05) is 51.1 Å². The molecule has 0 saturated heterocycles. The van der Waals surface area contributed by atoms with E-state index in [0.717, 1.165) is 5.56 Å². The summed E-state index contributed by atoms with van der Waals surface area (Å²) in [5.41, 5.74) is 0.0174. The molecule has 0 bridgehead atoms. The highest BCUT2D eigenvalue weighted by molar-refractivity contribution is 6.28. The number of benzene rings is 1. The van der Waals surface area contributed by atoms with Gasteiger partial charge in [0.2, 0.25) is 0 Å². The molecule has 0 aliphatic rings. The number of halogens is 1. The molecule has 6 nitrogen and oxygen atoms in total. The third-order valence-corrected chi connectivity index (χ3v) is 3.76. The molecule has 0 radical (unpaired) electrons. The average Bonchev–Trinajstić information content (AvgIpc) is 2.50. The number of carbonyl (C=O) groups is 3. The van der Waals surface area contributed by atoms with Crippen molar-refractivity contribution >= 4 is 29.4 Å². The van der Waals surface area contributed by atoms with Crippen LogP contribution in [0.3, 0.4) is 0 Å². The molecule has 1 aromatic rings. The fraction of sp³-hybridized carbons (Fsp3) is 0.471. The SMILES string of the molecule is CC(C)(C)C(C(=O)O)[C@H](NC(=O)OCc1ccccc1)C(=O)CCl. The molecule has 2 N–H and O–H groups in total. The number of ether oxygens (including phenoxy) is 1. The van der Waals surface area contributed by atoms with Gasteiger partial charge < -0.3 is 15.2 Å². The fourth-order valence-electron chi connectivity index (χ4n) is 2.34. The van der Waals surface area contributed by atoms with Crippen molar-refractivity contribution in [2.45, 2.75) is 33.4 Å². The smallest absolute Gasteiger partial charge is 0.408 e. The van der Waals surface area contributed by atoms with Crippen LogP contribution in [0.15, 0.2) is 30.3 Å². The normalized spacial score (nSPS) is 13.7. The Labute approximate surface area is 146 Å². The standard InChI is InChI=1S/C17H22ClNO5/c1-17(2,3)13(15(21)22)14(12(20)9-18)19-16(23)24-10-11-7-5-4-6-8-11/h4-8,13-14H,9-10H2,1-3H3,(H,19,23)(H,21,22)/t13?,14-/m1/s1. The van der Waals surface area contributed by atoms with E-state index in [9.17, 15) is 19.5 Å². The van der Waals surface area contributed by atoms with E-state index in [1.807, 2.05) is 6.07 Å². The molecule has 1 amide bonds. The lowest BCUT2D eigenvalue weighted by atomic mass is 9.75. The highest BCUT2D eigenvalue weighted by Crippen LogP contribution is 2.30. The molecular weight excluding hydrogens is 334 g/mol. The molecule has 0 aliphatic carbocycles. The second kappa shape index (κ2) is 8.68. The van der Waals surface area contributed by atoms with Gasteiger partial charge in [0.1, 0.15) is 12.6 Å². The van der Waals surface area contributed by atoms with Gasteiger partial charge >= 0.3 is 12.1 Å². The first kappa shape index (κ1) is 20.0. The Morgan fingerprint density at radius 2 is 1.79 bits per heavy atom. The Balaban J connectivity index is 2.83. The van der Waals surface area contributed by atoms with Gasteiger partial charge in [0.05, 0.1) is 11.8 Å². The third-order valence-electron chi connectivity index (χ3n) is 3.50. The van der Waals surface area contributed by atoms with Crippen molar-refractivity contribution in [3.63, 3.8) is 0 Å². The minimum Gasteiger partial charge on any atom is -0.481 e. The fourth-order valence-corrected chi connectivity index (χ4v) is 2.50. The number of amides is 1. The van der Waals surface area contributed by atoms with Gasteiger partial charge in [-0.05, 0) is 11.0 Å². The molecule has 1 rings (SSSR count). The monoisotopic (exact) mass is 355 g/mol. The van der Waals surface area contributed by atoms with Crippen LogP contribution in [-0.2, 0) is 20.9 Å². The minimum absolute atomic E-state index is 0.0156. The van der Waals surface area contributed by atoms with Crippen LogP contribution in [0.5, 0.6) is 0 Å². The predicted octanol–water partition coefficient (Wildman–Crippen LogP) is 2.84. The van der Waals surface area contributed by atoms with Gasteiger partial charge in [-0.15, -0.1) is 11.6 Å². The highest BCUT2D eigenvalue weighted by Gasteiger charge is 2.42. The second-order valence-electron chi connectivity index (χ2n) is 6.47. The van der Waals surface area contributed by atoms with Crippen molar-refractivity contribution < 1.29 is 24.2 Å². The lowest BCUT2D eigenvalue weighted by Crippen LogP contribution is -2.53. The van der Waals surface area contributed by atoms with Crippen LogP contribution in [0.25, 0.3) is 0 Å². The summed E-state index contributed by atoms with van der Waals surface area (Å²) in [6.45, 7) is 5.05. The number of rotatable bonds is 7. The third kappa shape index (κ3) is 5.85. The van der Waals surface area contributed by atoms with Crippen molar-refractivity contribution in [3.8, 4) is 0 Å². The number of carboxylic acids is 1. The number of Topliss-reactive ketones (excluding diaryl/α,β-unsaturated/α-hetero) is 1.